The van der Waals surface area contributed by atoms with Crippen LogP contribution in [-0.4, -0.2) is 33.0 Å². The SMILES string of the molecule is CC[C@@H](C)NS(=O)(=O)c1ccc(OCC(=O)NC2CC2)cc1. The number of hydrogen-bond acceptors (Lipinski definition) is 4. The normalized spacial score (nSPS) is 16.1. The molecule has 2 rings (SSSR count). The maximum absolute atomic E-state index is 12.1. The zero-order valence-corrected chi connectivity index (χ0v) is 13.7. The zero-order chi connectivity index (χ0) is 16.2. The molecule has 22 heavy (non-hydrogen) atoms. The average Bonchev–Trinajstić information content (AvgIpc) is 3.29. The van der Waals surface area contributed by atoms with Crippen LogP contribution in [-0.2, 0) is 14.8 Å². The van der Waals surface area contributed by atoms with Gasteiger partial charge in [-0.05, 0) is 50.5 Å². The van der Waals surface area contributed by atoms with Gasteiger partial charge in [0, 0.05) is 12.1 Å². The largest absolute Gasteiger partial charge is 0.484 e. The van der Waals surface area contributed by atoms with Crippen LogP contribution < -0.4 is 14.8 Å². The topological polar surface area (TPSA) is 84.5 Å². The standard InChI is InChI=1S/C15H22N2O4S/c1-3-11(2)17-22(19,20)14-8-6-13(7-9-14)21-10-15(18)16-12-4-5-12/h6-9,11-12,17H,3-5,10H2,1-2H3,(H,16,18)/t11-/m1/s1. The van der Waals surface area contributed by atoms with Crippen molar-refractivity contribution in [3.05, 3.63) is 24.3 Å². The van der Waals surface area contributed by atoms with E-state index in [1.165, 1.54) is 12.1 Å². The molecule has 122 valence electrons. The van der Waals surface area contributed by atoms with Crippen molar-refractivity contribution in [1.29, 1.82) is 0 Å². The van der Waals surface area contributed by atoms with Crippen LogP contribution in [0.2, 0.25) is 0 Å². The van der Waals surface area contributed by atoms with Crippen molar-refractivity contribution >= 4 is 15.9 Å². The molecule has 1 atom stereocenters. The van der Waals surface area contributed by atoms with E-state index >= 15 is 0 Å². The lowest BCUT2D eigenvalue weighted by Crippen LogP contribution is -2.32. The highest BCUT2D eigenvalue weighted by Gasteiger charge is 2.23. The number of nitrogens with one attached hydrogen (secondary N) is 2. The zero-order valence-electron chi connectivity index (χ0n) is 12.8. The van der Waals surface area contributed by atoms with Crippen molar-refractivity contribution in [1.82, 2.24) is 10.0 Å². The molecule has 1 aromatic rings. The van der Waals surface area contributed by atoms with Gasteiger partial charge in [0.2, 0.25) is 10.0 Å². The molecule has 1 aliphatic rings. The lowest BCUT2D eigenvalue weighted by atomic mass is 10.3. The van der Waals surface area contributed by atoms with Gasteiger partial charge < -0.3 is 10.1 Å². The molecule has 0 unspecified atom stereocenters. The Balaban J connectivity index is 1.90. The van der Waals surface area contributed by atoms with E-state index in [-0.39, 0.29) is 23.5 Å². The van der Waals surface area contributed by atoms with Crippen molar-refractivity contribution in [2.45, 2.75) is 50.1 Å². The highest BCUT2D eigenvalue weighted by atomic mass is 32.2. The number of carbonyl (C=O) groups excluding carboxylic acids is 1. The maximum atomic E-state index is 12.1. The van der Waals surface area contributed by atoms with Crippen LogP contribution in [0.1, 0.15) is 33.1 Å². The van der Waals surface area contributed by atoms with Gasteiger partial charge in [0.05, 0.1) is 4.90 Å². The Morgan fingerprint density at radius 1 is 1.32 bits per heavy atom. The van der Waals surface area contributed by atoms with E-state index in [1.54, 1.807) is 12.1 Å². The molecule has 2 N–H and O–H groups in total. The first-order chi connectivity index (χ1) is 10.4. The van der Waals surface area contributed by atoms with E-state index in [4.69, 9.17) is 4.74 Å². The minimum absolute atomic E-state index is 0.0618. The number of hydrogen-bond donors (Lipinski definition) is 2. The summed E-state index contributed by atoms with van der Waals surface area (Å²) in [5.74, 6) is 0.311. The summed E-state index contributed by atoms with van der Waals surface area (Å²) in [7, 11) is -3.51. The number of benzene rings is 1. The minimum atomic E-state index is -3.51. The second-order valence-electron chi connectivity index (χ2n) is 5.53. The molecule has 0 bridgehead atoms. The van der Waals surface area contributed by atoms with Crippen LogP contribution in [0.15, 0.2) is 29.2 Å². The molecular weight excluding hydrogens is 304 g/mol. The summed E-state index contributed by atoms with van der Waals surface area (Å²) < 4.78 is 32.1. The van der Waals surface area contributed by atoms with Crippen LogP contribution in [0.4, 0.5) is 0 Å². The third-order valence-electron chi connectivity index (χ3n) is 3.42. The number of carbonyl (C=O) groups is 1. The number of amides is 1. The molecule has 1 fully saturated rings. The van der Waals surface area contributed by atoms with Crippen LogP contribution in [0.3, 0.4) is 0 Å². The average molecular weight is 326 g/mol. The molecule has 0 saturated heterocycles. The number of sulfonamides is 1. The molecule has 7 heteroatoms. The van der Waals surface area contributed by atoms with Crippen molar-refractivity contribution in [3.8, 4) is 5.75 Å². The molecule has 1 aromatic carbocycles. The fourth-order valence-electron chi connectivity index (χ4n) is 1.78. The summed E-state index contributed by atoms with van der Waals surface area (Å²) in [6, 6.07) is 6.23. The summed E-state index contributed by atoms with van der Waals surface area (Å²) in [5, 5.41) is 2.82. The van der Waals surface area contributed by atoms with Gasteiger partial charge in [-0.1, -0.05) is 6.92 Å². The van der Waals surface area contributed by atoms with Gasteiger partial charge in [-0.25, -0.2) is 13.1 Å². The number of ether oxygens (including phenoxy) is 1. The molecule has 0 heterocycles. The van der Waals surface area contributed by atoms with Crippen molar-refractivity contribution in [2.75, 3.05) is 6.61 Å². The van der Waals surface area contributed by atoms with Crippen molar-refractivity contribution in [2.24, 2.45) is 0 Å². The maximum Gasteiger partial charge on any atom is 0.258 e. The predicted molar refractivity (Wildman–Crippen MR) is 83.2 cm³/mol. The van der Waals surface area contributed by atoms with Gasteiger partial charge in [0.1, 0.15) is 5.75 Å². The Morgan fingerprint density at radius 2 is 1.95 bits per heavy atom. The molecule has 0 radical (unpaired) electrons. The Kier molecular flexibility index (Phi) is 5.42. The molecule has 0 aliphatic heterocycles. The third kappa shape index (κ3) is 4.99. The third-order valence-corrected chi connectivity index (χ3v) is 5.02. The van der Waals surface area contributed by atoms with E-state index in [2.05, 4.69) is 10.0 Å². The second kappa shape index (κ2) is 7.11. The lowest BCUT2D eigenvalue weighted by Gasteiger charge is -2.12. The molecule has 1 amide bonds. The Bertz CT molecular complexity index is 609. The van der Waals surface area contributed by atoms with Gasteiger partial charge in [-0.15, -0.1) is 0 Å². The summed E-state index contributed by atoms with van der Waals surface area (Å²) in [6.45, 7) is 3.66. The molecular formula is C15H22N2O4S. The van der Waals surface area contributed by atoms with Gasteiger partial charge in [-0.2, -0.15) is 0 Å². The fraction of sp³-hybridized carbons (Fsp3) is 0.533. The van der Waals surface area contributed by atoms with Gasteiger partial charge in [0.15, 0.2) is 6.61 Å². The van der Waals surface area contributed by atoms with E-state index < -0.39 is 10.0 Å². The van der Waals surface area contributed by atoms with Crippen LogP contribution in [0, 0.1) is 0 Å². The smallest absolute Gasteiger partial charge is 0.258 e. The van der Waals surface area contributed by atoms with Gasteiger partial charge in [-0.3, -0.25) is 4.79 Å². The Labute approximate surface area is 131 Å². The van der Waals surface area contributed by atoms with E-state index in [9.17, 15) is 13.2 Å². The fourth-order valence-corrected chi connectivity index (χ4v) is 3.10. The predicted octanol–water partition coefficient (Wildman–Crippen LogP) is 1.42. The first-order valence-corrected chi connectivity index (χ1v) is 8.93. The number of rotatable bonds is 8. The molecule has 1 saturated carbocycles. The monoisotopic (exact) mass is 326 g/mol. The first-order valence-electron chi connectivity index (χ1n) is 7.45. The van der Waals surface area contributed by atoms with E-state index in [0.29, 0.717) is 11.8 Å². The van der Waals surface area contributed by atoms with E-state index in [0.717, 1.165) is 19.3 Å². The summed E-state index contributed by atoms with van der Waals surface area (Å²) in [4.78, 5) is 11.7. The lowest BCUT2D eigenvalue weighted by molar-refractivity contribution is -0.123. The quantitative estimate of drug-likeness (QED) is 0.757. The van der Waals surface area contributed by atoms with Gasteiger partial charge in [0.25, 0.3) is 5.91 Å². The van der Waals surface area contributed by atoms with Gasteiger partial charge >= 0.3 is 0 Å². The minimum Gasteiger partial charge on any atom is -0.484 e. The highest BCUT2D eigenvalue weighted by molar-refractivity contribution is 7.89. The first kappa shape index (κ1) is 16.8. The van der Waals surface area contributed by atoms with Crippen LogP contribution in [0.5, 0.6) is 5.75 Å². The van der Waals surface area contributed by atoms with E-state index in [1.807, 2.05) is 13.8 Å². The molecule has 0 spiro atoms. The summed E-state index contributed by atoms with van der Waals surface area (Å²) >= 11 is 0. The second-order valence-corrected chi connectivity index (χ2v) is 7.25. The Hall–Kier alpha value is -1.60. The summed E-state index contributed by atoms with van der Waals surface area (Å²) in [5.41, 5.74) is 0. The van der Waals surface area contributed by atoms with Crippen LogP contribution >= 0.6 is 0 Å². The molecule has 6 nitrogen and oxygen atoms in total. The molecule has 0 aromatic heterocycles. The van der Waals surface area contributed by atoms with Crippen LogP contribution in [0.25, 0.3) is 0 Å². The highest BCUT2D eigenvalue weighted by Crippen LogP contribution is 2.19. The van der Waals surface area contributed by atoms with Crippen molar-refractivity contribution < 1.29 is 17.9 Å². The summed E-state index contributed by atoms with van der Waals surface area (Å²) in [6.07, 6.45) is 2.78. The molecule has 1 aliphatic carbocycles. The van der Waals surface area contributed by atoms with Crippen molar-refractivity contribution in [3.63, 3.8) is 0 Å². The Morgan fingerprint density at radius 3 is 2.50 bits per heavy atom.